The van der Waals surface area contributed by atoms with Gasteiger partial charge in [-0.3, -0.25) is 0 Å². The van der Waals surface area contributed by atoms with Gasteiger partial charge in [-0.15, -0.1) is 0 Å². The molecular weight excluding hydrogens is 222 g/mol. The van der Waals surface area contributed by atoms with Gasteiger partial charge in [0.05, 0.1) is 12.6 Å². The third-order valence-corrected chi connectivity index (χ3v) is 3.30. The highest BCUT2D eigenvalue weighted by molar-refractivity contribution is 6.30. The van der Waals surface area contributed by atoms with Crippen LogP contribution in [0.1, 0.15) is 18.4 Å². The Morgan fingerprint density at radius 2 is 2.25 bits per heavy atom. The summed E-state index contributed by atoms with van der Waals surface area (Å²) in [5, 5.41) is 4.34. The smallest absolute Gasteiger partial charge is 0.0666 e. The molecule has 2 nitrogen and oxygen atoms in total. The summed E-state index contributed by atoms with van der Waals surface area (Å²) in [7, 11) is 1.76. The number of aryl methyl sites for hydroxylation is 1. The molecule has 1 atom stereocenters. The molecular formula is C13H18ClNO. The van der Waals surface area contributed by atoms with E-state index in [0.29, 0.717) is 6.04 Å². The van der Waals surface area contributed by atoms with Gasteiger partial charge in [-0.1, -0.05) is 11.6 Å². The molecule has 1 fully saturated rings. The van der Waals surface area contributed by atoms with Crippen LogP contribution < -0.4 is 5.32 Å². The van der Waals surface area contributed by atoms with Gasteiger partial charge in [-0.05, 0) is 49.4 Å². The third kappa shape index (κ3) is 2.89. The van der Waals surface area contributed by atoms with E-state index in [0.717, 1.165) is 17.5 Å². The Morgan fingerprint density at radius 3 is 2.81 bits per heavy atom. The van der Waals surface area contributed by atoms with E-state index in [4.69, 9.17) is 16.3 Å². The number of methoxy groups -OCH3 is 1. The van der Waals surface area contributed by atoms with Gasteiger partial charge < -0.3 is 10.1 Å². The predicted molar refractivity (Wildman–Crippen MR) is 68.2 cm³/mol. The fourth-order valence-electron chi connectivity index (χ4n) is 1.96. The summed E-state index contributed by atoms with van der Waals surface area (Å²) in [6.45, 7) is 2.84. The monoisotopic (exact) mass is 239 g/mol. The second kappa shape index (κ2) is 5.07. The van der Waals surface area contributed by atoms with Crippen LogP contribution in [0, 0.1) is 12.8 Å². The Kier molecular flexibility index (Phi) is 3.72. The average molecular weight is 240 g/mol. The minimum atomic E-state index is 0.435. The van der Waals surface area contributed by atoms with Crippen LogP contribution in [-0.2, 0) is 4.74 Å². The van der Waals surface area contributed by atoms with Crippen LogP contribution in [0.25, 0.3) is 0 Å². The van der Waals surface area contributed by atoms with E-state index in [9.17, 15) is 0 Å². The van der Waals surface area contributed by atoms with Gasteiger partial charge in [0.25, 0.3) is 0 Å². The summed E-state index contributed by atoms with van der Waals surface area (Å²) >= 11 is 5.94. The highest BCUT2D eigenvalue weighted by Gasteiger charge is 2.31. The molecule has 0 saturated heterocycles. The first-order chi connectivity index (χ1) is 7.70. The standard InChI is InChI=1S/C13H18ClNO/c1-9-7-11(14)5-6-12(9)15-13(8-16-2)10-3-4-10/h5-7,10,13,15H,3-4,8H2,1-2H3. The third-order valence-electron chi connectivity index (χ3n) is 3.07. The lowest BCUT2D eigenvalue weighted by molar-refractivity contribution is 0.179. The SMILES string of the molecule is COCC(Nc1ccc(Cl)cc1C)C1CC1. The van der Waals surface area contributed by atoms with E-state index in [1.165, 1.54) is 24.1 Å². The van der Waals surface area contributed by atoms with Gasteiger partial charge in [-0.2, -0.15) is 0 Å². The highest BCUT2D eigenvalue weighted by Crippen LogP contribution is 2.35. The largest absolute Gasteiger partial charge is 0.383 e. The molecule has 0 aromatic heterocycles. The fourth-order valence-corrected chi connectivity index (χ4v) is 2.19. The van der Waals surface area contributed by atoms with Crippen molar-refractivity contribution in [3.05, 3.63) is 28.8 Å². The van der Waals surface area contributed by atoms with Gasteiger partial charge in [-0.25, -0.2) is 0 Å². The normalized spacial score (nSPS) is 17.2. The van der Waals surface area contributed by atoms with Crippen molar-refractivity contribution < 1.29 is 4.74 Å². The lowest BCUT2D eigenvalue weighted by Crippen LogP contribution is -2.27. The first-order valence-electron chi connectivity index (χ1n) is 5.72. The zero-order chi connectivity index (χ0) is 11.5. The van der Waals surface area contributed by atoms with Crippen molar-refractivity contribution in [2.24, 2.45) is 5.92 Å². The number of hydrogen-bond acceptors (Lipinski definition) is 2. The van der Waals surface area contributed by atoms with Crippen LogP contribution in [-0.4, -0.2) is 19.8 Å². The van der Waals surface area contributed by atoms with Crippen LogP contribution in [0.3, 0.4) is 0 Å². The van der Waals surface area contributed by atoms with Crippen molar-refractivity contribution in [3.63, 3.8) is 0 Å². The molecule has 1 saturated carbocycles. The maximum atomic E-state index is 5.94. The summed E-state index contributed by atoms with van der Waals surface area (Å²) in [6, 6.07) is 6.39. The Balaban J connectivity index is 2.05. The molecule has 1 aromatic carbocycles. The first-order valence-corrected chi connectivity index (χ1v) is 6.10. The van der Waals surface area contributed by atoms with Crippen molar-refractivity contribution in [2.45, 2.75) is 25.8 Å². The highest BCUT2D eigenvalue weighted by atomic mass is 35.5. The Morgan fingerprint density at radius 1 is 1.50 bits per heavy atom. The Bertz CT molecular complexity index is 363. The molecule has 0 spiro atoms. The molecule has 1 aliphatic carbocycles. The maximum Gasteiger partial charge on any atom is 0.0666 e. The van der Waals surface area contributed by atoms with Gasteiger partial charge in [0.15, 0.2) is 0 Å². The van der Waals surface area contributed by atoms with E-state index in [1.807, 2.05) is 18.2 Å². The molecule has 3 heteroatoms. The van der Waals surface area contributed by atoms with E-state index in [1.54, 1.807) is 7.11 Å². The number of anilines is 1. The molecule has 1 unspecified atom stereocenters. The lowest BCUT2D eigenvalue weighted by atomic mass is 10.1. The van der Waals surface area contributed by atoms with Gasteiger partial charge in [0.1, 0.15) is 0 Å². The van der Waals surface area contributed by atoms with Crippen LogP contribution in [0.2, 0.25) is 5.02 Å². The van der Waals surface area contributed by atoms with Gasteiger partial charge >= 0.3 is 0 Å². The molecule has 1 aliphatic rings. The molecule has 0 radical (unpaired) electrons. The Hall–Kier alpha value is -0.730. The van der Waals surface area contributed by atoms with E-state index >= 15 is 0 Å². The van der Waals surface area contributed by atoms with Crippen molar-refractivity contribution in [3.8, 4) is 0 Å². The van der Waals surface area contributed by atoms with Crippen LogP contribution in [0.15, 0.2) is 18.2 Å². The topological polar surface area (TPSA) is 21.3 Å². The molecule has 88 valence electrons. The predicted octanol–water partition coefficient (Wildman–Crippen LogP) is 3.49. The number of benzene rings is 1. The van der Waals surface area contributed by atoms with Crippen LogP contribution in [0.4, 0.5) is 5.69 Å². The number of rotatable bonds is 5. The average Bonchev–Trinajstić information content (AvgIpc) is 3.04. The van der Waals surface area contributed by atoms with Crippen molar-refractivity contribution in [1.29, 1.82) is 0 Å². The number of halogens is 1. The zero-order valence-electron chi connectivity index (χ0n) is 9.79. The summed E-state index contributed by atoms with van der Waals surface area (Å²) < 4.78 is 5.25. The van der Waals surface area contributed by atoms with Crippen LogP contribution in [0.5, 0.6) is 0 Å². The minimum absolute atomic E-state index is 0.435. The molecule has 2 rings (SSSR count). The second-order valence-corrected chi connectivity index (χ2v) is 4.94. The summed E-state index contributed by atoms with van der Waals surface area (Å²) in [4.78, 5) is 0. The fraction of sp³-hybridized carbons (Fsp3) is 0.538. The number of nitrogens with one attached hydrogen (secondary N) is 1. The van der Waals surface area contributed by atoms with E-state index < -0.39 is 0 Å². The number of ether oxygens (including phenoxy) is 1. The van der Waals surface area contributed by atoms with Gasteiger partial charge in [0.2, 0.25) is 0 Å². The molecule has 0 aliphatic heterocycles. The molecule has 1 N–H and O–H groups in total. The minimum Gasteiger partial charge on any atom is -0.383 e. The zero-order valence-corrected chi connectivity index (χ0v) is 10.6. The lowest BCUT2D eigenvalue weighted by Gasteiger charge is -2.20. The van der Waals surface area contributed by atoms with E-state index in [-0.39, 0.29) is 0 Å². The number of hydrogen-bond donors (Lipinski definition) is 1. The van der Waals surface area contributed by atoms with Gasteiger partial charge in [0, 0.05) is 17.8 Å². The molecule has 16 heavy (non-hydrogen) atoms. The summed E-state index contributed by atoms with van der Waals surface area (Å²) in [5.41, 5.74) is 2.35. The first kappa shape index (κ1) is 11.7. The Labute approximate surface area is 102 Å². The molecule has 0 amide bonds. The van der Waals surface area contributed by atoms with Crippen LogP contribution >= 0.6 is 11.6 Å². The summed E-state index contributed by atoms with van der Waals surface area (Å²) in [5.74, 6) is 0.773. The molecule has 1 aromatic rings. The maximum absolute atomic E-state index is 5.94. The molecule has 0 bridgehead atoms. The quantitative estimate of drug-likeness (QED) is 0.850. The second-order valence-electron chi connectivity index (χ2n) is 4.50. The van der Waals surface area contributed by atoms with Crippen molar-refractivity contribution in [2.75, 3.05) is 19.0 Å². The van der Waals surface area contributed by atoms with Crippen molar-refractivity contribution >= 4 is 17.3 Å². The van der Waals surface area contributed by atoms with E-state index in [2.05, 4.69) is 12.2 Å². The van der Waals surface area contributed by atoms with Crippen molar-refractivity contribution in [1.82, 2.24) is 0 Å². The summed E-state index contributed by atoms with van der Waals surface area (Å²) in [6.07, 6.45) is 2.63. The molecule has 0 heterocycles.